The predicted molar refractivity (Wildman–Crippen MR) is 55.3 cm³/mol. The largest absolute Gasteiger partial charge is 0.298 e. The Morgan fingerprint density at radius 1 is 1.23 bits per heavy atom. The molecule has 0 saturated heterocycles. The van der Waals surface area contributed by atoms with Gasteiger partial charge in [-0.05, 0) is 42.5 Å². The average molecular weight is 176 g/mol. The van der Waals surface area contributed by atoms with E-state index in [1.54, 1.807) is 0 Å². The molecule has 0 unspecified atom stereocenters. The van der Waals surface area contributed by atoms with Crippen LogP contribution in [0.5, 0.6) is 0 Å². The highest BCUT2D eigenvalue weighted by atomic mass is 16.1. The highest BCUT2D eigenvalue weighted by molar-refractivity contribution is 5.78. The number of hydrogen-bond donors (Lipinski definition) is 0. The summed E-state index contributed by atoms with van der Waals surface area (Å²) in [5, 5.41) is 0. The van der Waals surface area contributed by atoms with Gasteiger partial charge in [0.2, 0.25) is 0 Å². The molecule has 0 atom stereocenters. The Bertz CT molecular complexity index is 313. The molecule has 13 heavy (non-hydrogen) atoms. The lowest BCUT2D eigenvalue weighted by molar-refractivity contribution is 0.112. The van der Waals surface area contributed by atoms with E-state index in [-0.39, 0.29) is 0 Å². The molecule has 1 rings (SSSR count). The molecule has 0 N–H and O–H groups in total. The maximum atomic E-state index is 10.8. The van der Waals surface area contributed by atoms with Gasteiger partial charge < -0.3 is 0 Å². The van der Waals surface area contributed by atoms with Gasteiger partial charge in [-0.25, -0.2) is 0 Å². The lowest BCUT2D eigenvalue weighted by atomic mass is 9.96. The van der Waals surface area contributed by atoms with E-state index in [1.165, 1.54) is 16.7 Å². The molecule has 0 aliphatic carbocycles. The highest BCUT2D eigenvalue weighted by Gasteiger charge is 2.04. The van der Waals surface area contributed by atoms with E-state index in [2.05, 4.69) is 26.8 Å². The van der Waals surface area contributed by atoms with Crippen LogP contribution in [0.25, 0.3) is 0 Å². The van der Waals surface area contributed by atoms with Crippen LogP contribution in [-0.2, 0) is 12.8 Å². The van der Waals surface area contributed by atoms with E-state index in [4.69, 9.17) is 0 Å². The van der Waals surface area contributed by atoms with Crippen molar-refractivity contribution in [3.8, 4) is 0 Å². The summed E-state index contributed by atoms with van der Waals surface area (Å²) in [6.07, 6.45) is 2.89. The summed E-state index contributed by atoms with van der Waals surface area (Å²) >= 11 is 0. The maximum Gasteiger partial charge on any atom is 0.150 e. The SMILES string of the molecule is CCc1cc(C)c(CC)c(C=O)c1. The van der Waals surface area contributed by atoms with Crippen LogP contribution in [0.3, 0.4) is 0 Å². The van der Waals surface area contributed by atoms with Crippen molar-refractivity contribution in [3.05, 3.63) is 34.4 Å². The number of carbonyl (C=O) groups is 1. The molecule has 0 amide bonds. The number of hydrogen-bond acceptors (Lipinski definition) is 1. The second kappa shape index (κ2) is 4.22. The van der Waals surface area contributed by atoms with Crippen LogP contribution in [-0.4, -0.2) is 6.29 Å². The average Bonchev–Trinajstić information content (AvgIpc) is 2.16. The first kappa shape index (κ1) is 9.97. The maximum absolute atomic E-state index is 10.8. The fourth-order valence-electron chi connectivity index (χ4n) is 1.71. The van der Waals surface area contributed by atoms with Gasteiger partial charge in [-0.2, -0.15) is 0 Å². The molecule has 70 valence electrons. The predicted octanol–water partition coefficient (Wildman–Crippen LogP) is 2.93. The summed E-state index contributed by atoms with van der Waals surface area (Å²) in [7, 11) is 0. The molecular formula is C12H16O. The lowest BCUT2D eigenvalue weighted by Crippen LogP contribution is -1.97. The molecule has 0 bridgehead atoms. The molecule has 1 nitrogen and oxygen atoms in total. The number of rotatable bonds is 3. The minimum absolute atomic E-state index is 0.861. The number of carbonyl (C=O) groups excluding carboxylic acids is 1. The van der Waals surface area contributed by atoms with Crippen LogP contribution in [0.2, 0.25) is 0 Å². The summed E-state index contributed by atoms with van der Waals surface area (Å²) in [5.41, 5.74) is 4.53. The number of benzene rings is 1. The topological polar surface area (TPSA) is 17.1 Å². The van der Waals surface area contributed by atoms with E-state index < -0.39 is 0 Å². The molecule has 0 aliphatic rings. The van der Waals surface area contributed by atoms with Gasteiger partial charge in [0, 0.05) is 5.56 Å². The molecule has 0 radical (unpaired) electrons. The number of aldehydes is 1. The fourth-order valence-corrected chi connectivity index (χ4v) is 1.71. The second-order valence-electron chi connectivity index (χ2n) is 3.31. The van der Waals surface area contributed by atoms with E-state index in [1.807, 2.05) is 6.07 Å². The van der Waals surface area contributed by atoms with Crippen LogP contribution >= 0.6 is 0 Å². The molecule has 0 fully saturated rings. The van der Waals surface area contributed by atoms with Gasteiger partial charge in [0.25, 0.3) is 0 Å². The summed E-state index contributed by atoms with van der Waals surface area (Å²) in [6, 6.07) is 4.17. The zero-order valence-corrected chi connectivity index (χ0v) is 8.55. The third-order valence-corrected chi connectivity index (χ3v) is 2.46. The minimum atomic E-state index is 0.861. The Balaban J connectivity index is 3.28. The first-order valence-electron chi connectivity index (χ1n) is 4.80. The van der Waals surface area contributed by atoms with Crippen molar-refractivity contribution in [1.29, 1.82) is 0 Å². The molecule has 0 aliphatic heterocycles. The van der Waals surface area contributed by atoms with Crippen LogP contribution in [0.1, 0.15) is 40.9 Å². The third kappa shape index (κ3) is 1.97. The summed E-state index contributed by atoms with van der Waals surface area (Å²) < 4.78 is 0. The molecule has 0 heterocycles. The molecule has 0 aromatic heterocycles. The van der Waals surface area contributed by atoms with Crippen LogP contribution < -0.4 is 0 Å². The molecule has 0 spiro atoms. The van der Waals surface area contributed by atoms with Crippen molar-refractivity contribution in [2.75, 3.05) is 0 Å². The number of aryl methyl sites for hydroxylation is 2. The first-order valence-corrected chi connectivity index (χ1v) is 4.80. The van der Waals surface area contributed by atoms with Gasteiger partial charge in [-0.15, -0.1) is 0 Å². The van der Waals surface area contributed by atoms with Crippen molar-refractivity contribution in [3.63, 3.8) is 0 Å². The van der Waals surface area contributed by atoms with Crippen molar-refractivity contribution >= 4 is 6.29 Å². The lowest BCUT2D eigenvalue weighted by Gasteiger charge is -2.08. The van der Waals surface area contributed by atoms with Crippen molar-refractivity contribution in [2.45, 2.75) is 33.6 Å². The van der Waals surface area contributed by atoms with E-state index in [0.717, 1.165) is 24.7 Å². The van der Waals surface area contributed by atoms with Gasteiger partial charge in [0.15, 0.2) is 0 Å². The van der Waals surface area contributed by atoms with Crippen molar-refractivity contribution in [1.82, 2.24) is 0 Å². The van der Waals surface area contributed by atoms with Gasteiger partial charge in [-0.3, -0.25) is 4.79 Å². The van der Waals surface area contributed by atoms with E-state index in [0.29, 0.717) is 0 Å². The quantitative estimate of drug-likeness (QED) is 0.647. The van der Waals surface area contributed by atoms with Gasteiger partial charge in [0.1, 0.15) is 6.29 Å². The van der Waals surface area contributed by atoms with Crippen LogP contribution in [0, 0.1) is 6.92 Å². The molecule has 1 aromatic rings. The van der Waals surface area contributed by atoms with Crippen LogP contribution in [0.15, 0.2) is 12.1 Å². The highest BCUT2D eigenvalue weighted by Crippen LogP contribution is 2.16. The third-order valence-electron chi connectivity index (χ3n) is 2.46. The zero-order chi connectivity index (χ0) is 9.84. The Morgan fingerprint density at radius 2 is 1.92 bits per heavy atom. The van der Waals surface area contributed by atoms with Gasteiger partial charge in [-0.1, -0.05) is 19.9 Å². The van der Waals surface area contributed by atoms with E-state index in [9.17, 15) is 4.79 Å². The second-order valence-corrected chi connectivity index (χ2v) is 3.31. The Kier molecular flexibility index (Phi) is 3.24. The molecule has 0 saturated carbocycles. The smallest absolute Gasteiger partial charge is 0.150 e. The standard InChI is InChI=1S/C12H16O/c1-4-10-6-9(3)12(5-2)11(7-10)8-13/h6-8H,4-5H2,1-3H3. The van der Waals surface area contributed by atoms with Crippen LogP contribution in [0.4, 0.5) is 0 Å². The van der Waals surface area contributed by atoms with Crippen molar-refractivity contribution in [2.24, 2.45) is 0 Å². The normalized spacial score (nSPS) is 10.1. The first-order chi connectivity index (χ1) is 6.22. The minimum Gasteiger partial charge on any atom is -0.298 e. The van der Waals surface area contributed by atoms with E-state index >= 15 is 0 Å². The summed E-state index contributed by atoms with van der Waals surface area (Å²) in [4.78, 5) is 10.8. The Morgan fingerprint density at radius 3 is 2.38 bits per heavy atom. The molecule has 1 aromatic carbocycles. The summed E-state index contributed by atoms with van der Waals surface area (Å²) in [6.45, 7) is 6.26. The van der Waals surface area contributed by atoms with Crippen molar-refractivity contribution < 1.29 is 4.79 Å². The summed E-state index contributed by atoms with van der Waals surface area (Å²) in [5.74, 6) is 0. The molecular weight excluding hydrogens is 160 g/mol. The Labute approximate surface area is 79.8 Å². The molecule has 1 heteroatoms. The fraction of sp³-hybridized carbons (Fsp3) is 0.417. The monoisotopic (exact) mass is 176 g/mol. The van der Waals surface area contributed by atoms with Gasteiger partial charge >= 0.3 is 0 Å². The zero-order valence-electron chi connectivity index (χ0n) is 8.55. The Hall–Kier alpha value is -1.11. The van der Waals surface area contributed by atoms with Gasteiger partial charge in [0.05, 0.1) is 0 Å².